The second-order valence-corrected chi connectivity index (χ2v) is 8.48. The molecule has 9 nitrogen and oxygen atoms in total. The maximum Gasteiger partial charge on any atom is 0.295 e. The Morgan fingerprint density at radius 2 is 1.74 bits per heavy atom. The van der Waals surface area contributed by atoms with Gasteiger partial charge in [0, 0.05) is 60.8 Å². The van der Waals surface area contributed by atoms with Gasteiger partial charge in [-0.1, -0.05) is 12.1 Å². The highest BCUT2D eigenvalue weighted by Gasteiger charge is 2.32. The lowest BCUT2D eigenvalue weighted by Crippen LogP contribution is -2.46. The van der Waals surface area contributed by atoms with Crippen molar-refractivity contribution in [1.82, 2.24) is 9.88 Å². The molecule has 0 unspecified atom stereocenters. The fraction of sp³-hybridized carbons (Fsp3) is 0.500. The number of pyridine rings is 1. The highest BCUT2D eigenvalue weighted by molar-refractivity contribution is 5.97. The van der Waals surface area contributed by atoms with Crippen LogP contribution >= 0.6 is 0 Å². The van der Waals surface area contributed by atoms with Crippen LogP contribution in [-0.2, 0) is 9.59 Å². The van der Waals surface area contributed by atoms with Gasteiger partial charge in [0.2, 0.25) is 11.8 Å². The number of amides is 2. The first kappa shape index (κ1) is 21.0. The number of primary amides is 1. The van der Waals surface area contributed by atoms with Gasteiger partial charge >= 0.3 is 0 Å². The number of carbonyl (C=O) groups excluding carboxylic acids is 2. The summed E-state index contributed by atoms with van der Waals surface area (Å²) in [6, 6.07) is 6.99. The predicted octanol–water partition coefficient (Wildman–Crippen LogP) is 2.39. The SMILES string of the molecule is Cc1cc(N2CCC(C(=O)N3CCC(C(N)=O)CC3)CC2)c2cccc([N+](=O)[O-])c2n1. The van der Waals surface area contributed by atoms with E-state index < -0.39 is 4.92 Å². The molecule has 1 aromatic carbocycles. The minimum atomic E-state index is -0.398. The standard InChI is InChI=1S/C22H27N5O4/c1-14-13-19(17-3-2-4-18(27(30)31)20(17)24-14)25-9-7-16(8-10-25)22(29)26-11-5-15(6-12-26)21(23)28/h2-4,13,15-16H,5-12H2,1H3,(H2,23,28). The molecule has 2 N–H and O–H groups in total. The lowest BCUT2D eigenvalue weighted by molar-refractivity contribution is -0.383. The van der Waals surface area contributed by atoms with Crippen LogP contribution in [-0.4, -0.2) is 52.8 Å². The number of para-hydroxylation sites is 1. The topological polar surface area (TPSA) is 123 Å². The average molecular weight is 425 g/mol. The van der Waals surface area contributed by atoms with E-state index in [-0.39, 0.29) is 29.3 Å². The fourth-order valence-electron chi connectivity index (χ4n) is 4.76. The Bertz CT molecular complexity index is 1020. The van der Waals surface area contributed by atoms with Crippen LogP contribution in [0.2, 0.25) is 0 Å². The summed E-state index contributed by atoms with van der Waals surface area (Å²) in [7, 11) is 0. The monoisotopic (exact) mass is 425 g/mol. The summed E-state index contributed by atoms with van der Waals surface area (Å²) < 4.78 is 0. The number of benzene rings is 1. The zero-order chi connectivity index (χ0) is 22.1. The molecule has 0 atom stereocenters. The number of hydrogen-bond acceptors (Lipinski definition) is 6. The van der Waals surface area contributed by atoms with Crippen molar-refractivity contribution in [3.8, 4) is 0 Å². The molecule has 164 valence electrons. The Morgan fingerprint density at radius 1 is 1.10 bits per heavy atom. The molecular weight excluding hydrogens is 398 g/mol. The van der Waals surface area contributed by atoms with Crippen LogP contribution in [0.25, 0.3) is 10.9 Å². The van der Waals surface area contributed by atoms with Crippen molar-refractivity contribution >= 4 is 34.1 Å². The number of nitro benzene ring substituents is 1. The van der Waals surface area contributed by atoms with Gasteiger partial charge in [-0.25, -0.2) is 4.98 Å². The number of non-ortho nitro benzene ring substituents is 1. The molecule has 2 amide bonds. The summed E-state index contributed by atoms with van der Waals surface area (Å²) in [5.41, 5.74) is 7.45. The van der Waals surface area contributed by atoms with E-state index in [1.807, 2.05) is 24.0 Å². The number of aromatic nitrogens is 1. The molecule has 0 bridgehead atoms. The summed E-state index contributed by atoms with van der Waals surface area (Å²) >= 11 is 0. The highest BCUT2D eigenvalue weighted by atomic mass is 16.6. The number of piperidine rings is 2. The molecule has 1 aromatic heterocycles. The van der Waals surface area contributed by atoms with Crippen molar-refractivity contribution in [2.24, 2.45) is 17.6 Å². The van der Waals surface area contributed by atoms with Crippen molar-refractivity contribution in [1.29, 1.82) is 0 Å². The molecule has 31 heavy (non-hydrogen) atoms. The lowest BCUT2D eigenvalue weighted by atomic mass is 9.91. The molecule has 0 radical (unpaired) electrons. The summed E-state index contributed by atoms with van der Waals surface area (Å²) in [5, 5.41) is 12.2. The van der Waals surface area contributed by atoms with E-state index in [0.29, 0.717) is 44.5 Å². The minimum Gasteiger partial charge on any atom is -0.371 e. The van der Waals surface area contributed by atoms with Gasteiger partial charge in [0.15, 0.2) is 5.52 Å². The van der Waals surface area contributed by atoms with Gasteiger partial charge < -0.3 is 15.5 Å². The van der Waals surface area contributed by atoms with Gasteiger partial charge in [0.25, 0.3) is 5.69 Å². The van der Waals surface area contributed by atoms with Crippen LogP contribution in [0.5, 0.6) is 0 Å². The fourth-order valence-corrected chi connectivity index (χ4v) is 4.76. The molecule has 2 fully saturated rings. The second kappa shape index (κ2) is 8.49. The van der Waals surface area contributed by atoms with Crippen molar-refractivity contribution < 1.29 is 14.5 Å². The largest absolute Gasteiger partial charge is 0.371 e. The first-order valence-electron chi connectivity index (χ1n) is 10.7. The van der Waals surface area contributed by atoms with E-state index in [2.05, 4.69) is 9.88 Å². The summed E-state index contributed by atoms with van der Waals surface area (Å²) in [6.07, 6.45) is 2.74. The molecule has 2 aromatic rings. The van der Waals surface area contributed by atoms with Crippen LogP contribution in [0.3, 0.4) is 0 Å². The van der Waals surface area contributed by atoms with Crippen molar-refractivity contribution in [2.75, 3.05) is 31.1 Å². The Morgan fingerprint density at radius 3 is 2.35 bits per heavy atom. The zero-order valence-corrected chi connectivity index (χ0v) is 17.6. The number of anilines is 1. The quantitative estimate of drug-likeness (QED) is 0.593. The van der Waals surface area contributed by atoms with Gasteiger partial charge in [-0.15, -0.1) is 0 Å². The molecular formula is C22H27N5O4. The number of nitrogens with two attached hydrogens (primary N) is 1. The number of fused-ring (bicyclic) bond motifs is 1. The molecule has 0 saturated carbocycles. The Balaban J connectivity index is 1.46. The van der Waals surface area contributed by atoms with E-state index >= 15 is 0 Å². The molecule has 0 spiro atoms. The first-order chi connectivity index (χ1) is 14.8. The third-order valence-corrected chi connectivity index (χ3v) is 6.52. The van der Waals surface area contributed by atoms with Crippen molar-refractivity contribution in [3.05, 3.63) is 40.1 Å². The average Bonchev–Trinajstić information content (AvgIpc) is 2.77. The normalized spacial score (nSPS) is 18.4. The van der Waals surface area contributed by atoms with Crippen LogP contribution in [0, 0.1) is 28.9 Å². The Labute approximate surface area is 180 Å². The van der Waals surface area contributed by atoms with Crippen molar-refractivity contribution in [2.45, 2.75) is 32.6 Å². The van der Waals surface area contributed by atoms with Crippen LogP contribution < -0.4 is 10.6 Å². The summed E-state index contributed by atoms with van der Waals surface area (Å²) in [4.78, 5) is 43.8. The third-order valence-electron chi connectivity index (χ3n) is 6.52. The number of carbonyl (C=O) groups is 2. The van der Waals surface area contributed by atoms with Gasteiger partial charge in [-0.05, 0) is 38.7 Å². The number of rotatable bonds is 4. The first-order valence-corrected chi connectivity index (χ1v) is 10.7. The molecule has 2 aliphatic rings. The molecule has 4 rings (SSSR count). The number of hydrogen-bond donors (Lipinski definition) is 1. The summed E-state index contributed by atoms with van der Waals surface area (Å²) in [6.45, 7) is 4.42. The van der Waals surface area contributed by atoms with E-state index in [4.69, 9.17) is 5.73 Å². The second-order valence-electron chi connectivity index (χ2n) is 8.48. The van der Waals surface area contributed by atoms with Crippen LogP contribution in [0.1, 0.15) is 31.4 Å². The van der Waals surface area contributed by atoms with E-state index in [1.165, 1.54) is 6.07 Å². The Hall–Kier alpha value is -3.23. The van der Waals surface area contributed by atoms with Gasteiger partial charge in [-0.2, -0.15) is 0 Å². The smallest absolute Gasteiger partial charge is 0.295 e. The third kappa shape index (κ3) is 4.17. The number of nitrogens with zero attached hydrogens (tertiary/aromatic N) is 4. The van der Waals surface area contributed by atoms with Crippen LogP contribution in [0.4, 0.5) is 11.4 Å². The van der Waals surface area contributed by atoms with Crippen LogP contribution in [0.15, 0.2) is 24.3 Å². The number of likely N-dealkylation sites (tertiary alicyclic amines) is 1. The number of nitro groups is 1. The zero-order valence-electron chi connectivity index (χ0n) is 17.6. The summed E-state index contributed by atoms with van der Waals surface area (Å²) in [5.74, 6) is -0.280. The maximum absolute atomic E-state index is 13.0. The molecule has 2 saturated heterocycles. The molecule has 0 aliphatic carbocycles. The molecule has 3 heterocycles. The van der Waals surface area contributed by atoms with Gasteiger partial charge in [0.1, 0.15) is 0 Å². The minimum absolute atomic E-state index is 0.00637. The van der Waals surface area contributed by atoms with E-state index in [0.717, 1.165) is 29.6 Å². The van der Waals surface area contributed by atoms with Crippen molar-refractivity contribution in [3.63, 3.8) is 0 Å². The van der Waals surface area contributed by atoms with Gasteiger partial charge in [0.05, 0.1) is 4.92 Å². The lowest BCUT2D eigenvalue weighted by Gasteiger charge is -2.37. The highest BCUT2D eigenvalue weighted by Crippen LogP contribution is 2.34. The Kier molecular flexibility index (Phi) is 5.75. The maximum atomic E-state index is 13.0. The number of aryl methyl sites for hydroxylation is 1. The molecule has 2 aliphatic heterocycles. The predicted molar refractivity (Wildman–Crippen MR) is 117 cm³/mol. The molecule has 9 heteroatoms. The van der Waals surface area contributed by atoms with E-state index in [9.17, 15) is 19.7 Å². The van der Waals surface area contributed by atoms with Gasteiger partial charge in [-0.3, -0.25) is 19.7 Å². The van der Waals surface area contributed by atoms with E-state index in [1.54, 1.807) is 6.07 Å².